The summed E-state index contributed by atoms with van der Waals surface area (Å²) in [5.41, 5.74) is 1.18. The minimum Gasteiger partial charge on any atom is -0.313 e. The van der Waals surface area contributed by atoms with Crippen LogP contribution in [0.3, 0.4) is 0 Å². The van der Waals surface area contributed by atoms with Crippen LogP contribution in [0.4, 0.5) is 0 Å². The molecular weight excluding hydrogens is 222 g/mol. The van der Waals surface area contributed by atoms with Crippen LogP contribution in [-0.2, 0) is 6.54 Å². The number of pyridine rings is 1. The summed E-state index contributed by atoms with van der Waals surface area (Å²) in [5, 5.41) is 7.51. The molecule has 0 spiro atoms. The molecule has 1 fully saturated rings. The van der Waals surface area contributed by atoms with Gasteiger partial charge in [0.15, 0.2) is 0 Å². The van der Waals surface area contributed by atoms with Gasteiger partial charge in [0.1, 0.15) is 5.15 Å². The molecule has 1 aromatic rings. The minimum absolute atomic E-state index is 0.553. The Morgan fingerprint density at radius 3 is 3.06 bits per heavy atom. The van der Waals surface area contributed by atoms with Crippen molar-refractivity contribution in [2.24, 2.45) is 0 Å². The second kappa shape index (κ2) is 6.18. The monoisotopic (exact) mass is 239 g/mol. The summed E-state index contributed by atoms with van der Waals surface area (Å²) in [6.07, 6.45) is 5.77. The van der Waals surface area contributed by atoms with Crippen LogP contribution in [-0.4, -0.2) is 24.1 Å². The Kier molecular flexibility index (Phi) is 4.57. The van der Waals surface area contributed by atoms with Gasteiger partial charge in [-0.1, -0.05) is 24.1 Å². The van der Waals surface area contributed by atoms with E-state index in [1.165, 1.54) is 24.8 Å². The lowest BCUT2D eigenvalue weighted by Crippen LogP contribution is -2.41. The maximum absolute atomic E-state index is 5.73. The fourth-order valence-electron chi connectivity index (χ4n) is 2.00. The van der Waals surface area contributed by atoms with E-state index in [1.807, 2.05) is 18.3 Å². The van der Waals surface area contributed by atoms with Gasteiger partial charge in [0.25, 0.3) is 0 Å². The standard InChI is InChI=1S/C12H18ClN3/c13-12-5-4-10(8-16-12)7-14-9-11-3-1-2-6-15-11/h4-5,8,11,14-15H,1-3,6-7,9H2. The van der Waals surface area contributed by atoms with Crippen LogP contribution in [0.25, 0.3) is 0 Å². The Hall–Kier alpha value is -0.640. The number of aromatic nitrogens is 1. The molecule has 1 aromatic heterocycles. The van der Waals surface area contributed by atoms with Crippen LogP contribution in [0.15, 0.2) is 18.3 Å². The van der Waals surface area contributed by atoms with Crippen molar-refractivity contribution < 1.29 is 0 Å². The highest BCUT2D eigenvalue weighted by molar-refractivity contribution is 6.29. The van der Waals surface area contributed by atoms with Crippen LogP contribution < -0.4 is 10.6 Å². The largest absolute Gasteiger partial charge is 0.313 e. The van der Waals surface area contributed by atoms with E-state index >= 15 is 0 Å². The van der Waals surface area contributed by atoms with Crippen molar-refractivity contribution in [3.63, 3.8) is 0 Å². The van der Waals surface area contributed by atoms with E-state index in [-0.39, 0.29) is 0 Å². The first-order chi connectivity index (χ1) is 7.84. The first kappa shape index (κ1) is 11.8. The summed E-state index contributed by atoms with van der Waals surface area (Å²) in [6.45, 7) is 3.06. The van der Waals surface area contributed by atoms with Gasteiger partial charge in [-0.25, -0.2) is 4.98 Å². The quantitative estimate of drug-likeness (QED) is 0.789. The first-order valence-corrected chi connectivity index (χ1v) is 6.27. The van der Waals surface area contributed by atoms with Crippen LogP contribution >= 0.6 is 11.6 Å². The highest BCUT2D eigenvalue weighted by Gasteiger charge is 2.11. The van der Waals surface area contributed by atoms with E-state index in [0.29, 0.717) is 11.2 Å². The molecule has 0 amide bonds. The van der Waals surface area contributed by atoms with E-state index < -0.39 is 0 Å². The van der Waals surface area contributed by atoms with Gasteiger partial charge in [0.05, 0.1) is 0 Å². The zero-order valence-corrected chi connectivity index (χ0v) is 10.1. The molecule has 0 aliphatic carbocycles. The first-order valence-electron chi connectivity index (χ1n) is 5.89. The van der Waals surface area contributed by atoms with Gasteiger partial charge in [0, 0.05) is 25.3 Å². The summed E-state index contributed by atoms with van der Waals surface area (Å²) in [5.74, 6) is 0. The van der Waals surface area contributed by atoms with E-state index in [2.05, 4.69) is 15.6 Å². The van der Waals surface area contributed by atoms with Crippen molar-refractivity contribution in [3.8, 4) is 0 Å². The van der Waals surface area contributed by atoms with Gasteiger partial charge in [0.2, 0.25) is 0 Å². The van der Waals surface area contributed by atoms with E-state index in [4.69, 9.17) is 11.6 Å². The molecule has 0 saturated carbocycles. The summed E-state index contributed by atoms with van der Waals surface area (Å²) >= 11 is 5.73. The van der Waals surface area contributed by atoms with Gasteiger partial charge < -0.3 is 10.6 Å². The lowest BCUT2D eigenvalue weighted by atomic mass is 10.1. The summed E-state index contributed by atoms with van der Waals surface area (Å²) in [7, 11) is 0. The highest BCUT2D eigenvalue weighted by Crippen LogP contribution is 2.07. The Labute approximate surface area is 102 Å². The Morgan fingerprint density at radius 2 is 2.38 bits per heavy atom. The van der Waals surface area contributed by atoms with Gasteiger partial charge in [-0.05, 0) is 31.0 Å². The Morgan fingerprint density at radius 1 is 1.44 bits per heavy atom. The maximum Gasteiger partial charge on any atom is 0.129 e. The summed E-state index contributed by atoms with van der Waals surface area (Å²) in [4.78, 5) is 4.05. The SMILES string of the molecule is Clc1ccc(CNCC2CCCCN2)cn1. The molecule has 2 rings (SSSR count). The lowest BCUT2D eigenvalue weighted by molar-refractivity contribution is 0.383. The van der Waals surface area contributed by atoms with E-state index in [1.54, 1.807) is 0 Å². The van der Waals surface area contributed by atoms with Gasteiger partial charge in [-0.2, -0.15) is 0 Å². The molecule has 1 saturated heterocycles. The Balaban J connectivity index is 1.69. The predicted octanol–water partition coefficient (Wildman–Crippen LogP) is 1.97. The van der Waals surface area contributed by atoms with Crippen molar-refractivity contribution in [3.05, 3.63) is 29.0 Å². The number of nitrogens with one attached hydrogen (secondary N) is 2. The molecule has 88 valence electrons. The fraction of sp³-hybridized carbons (Fsp3) is 0.583. The second-order valence-electron chi connectivity index (χ2n) is 4.27. The lowest BCUT2D eigenvalue weighted by Gasteiger charge is -2.23. The van der Waals surface area contributed by atoms with Gasteiger partial charge in [-0.15, -0.1) is 0 Å². The van der Waals surface area contributed by atoms with Crippen molar-refractivity contribution in [2.45, 2.75) is 31.8 Å². The summed E-state index contributed by atoms with van der Waals surface area (Å²) in [6, 6.07) is 4.47. The maximum atomic E-state index is 5.73. The molecule has 2 heterocycles. The number of halogens is 1. The van der Waals surface area contributed by atoms with E-state index in [0.717, 1.165) is 19.6 Å². The number of rotatable bonds is 4. The summed E-state index contributed by atoms with van der Waals surface area (Å²) < 4.78 is 0. The van der Waals surface area contributed by atoms with E-state index in [9.17, 15) is 0 Å². The molecule has 0 aromatic carbocycles. The number of nitrogens with zero attached hydrogens (tertiary/aromatic N) is 1. The average Bonchev–Trinajstić information content (AvgIpc) is 2.33. The molecule has 3 nitrogen and oxygen atoms in total. The fourth-order valence-corrected chi connectivity index (χ4v) is 2.11. The predicted molar refractivity (Wildman–Crippen MR) is 66.6 cm³/mol. The molecule has 1 aliphatic heterocycles. The smallest absolute Gasteiger partial charge is 0.129 e. The molecule has 0 radical (unpaired) electrons. The molecule has 0 bridgehead atoms. The number of hydrogen-bond donors (Lipinski definition) is 2. The molecule has 2 N–H and O–H groups in total. The van der Waals surface area contributed by atoms with Crippen LogP contribution in [0.2, 0.25) is 5.15 Å². The average molecular weight is 240 g/mol. The minimum atomic E-state index is 0.553. The van der Waals surface area contributed by atoms with Crippen molar-refractivity contribution in [1.29, 1.82) is 0 Å². The van der Waals surface area contributed by atoms with Crippen molar-refractivity contribution in [1.82, 2.24) is 15.6 Å². The van der Waals surface area contributed by atoms with Crippen molar-refractivity contribution in [2.75, 3.05) is 13.1 Å². The highest BCUT2D eigenvalue weighted by atomic mass is 35.5. The molecule has 1 aliphatic rings. The van der Waals surface area contributed by atoms with Crippen LogP contribution in [0.5, 0.6) is 0 Å². The zero-order chi connectivity index (χ0) is 11.2. The van der Waals surface area contributed by atoms with Gasteiger partial charge >= 0.3 is 0 Å². The molecule has 16 heavy (non-hydrogen) atoms. The van der Waals surface area contributed by atoms with Gasteiger partial charge in [-0.3, -0.25) is 0 Å². The Bertz CT molecular complexity index is 307. The molecular formula is C12H18ClN3. The molecule has 1 atom stereocenters. The number of piperidine rings is 1. The second-order valence-corrected chi connectivity index (χ2v) is 4.65. The molecule has 4 heteroatoms. The normalized spacial score (nSPS) is 20.9. The van der Waals surface area contributed by atoms with Crippen LogP contribution in [0.1, 0.15) is 24.8 Å². The van der Waals surface area contributed by atoms with Crippen molar-refractivity contribution >= 4 is 11.6 Å². The third-order valence-electron chi connectivity index (χ3n) is 2.92. The zero-order valence-electron chi connectivity index (χ0n) is 9.38. The third-order valence-corrected chi connectivity index (χ3v) is 3.14. The number of hydrogen-bond acceptors (Lipinski definition) is 3. The molecule has 1 unspecified atom stereocenters. The third kappa shape index (κ3) is 3.74. The topological polar surface area (TPSA) is 37.0 Å². The van der Waals surface area contributed by atoms with Crippen LogP contribution in [0, 0.1) is 0 Å².